The molecule has 1 atom stereocenters. The molecule has 0 aromatic carbocycles. The standard InChI is InChI=1S/C13H22Cl2N2O2Si/c1-9(19-20(5,6)13(2,3)4)8-18-10-7-16-12(15)17-11(10)14/h7,9H,8H2,1-6H3. The molecule has 0 N–H and O–H groups in total. The molecule has 114 valence electrons. The molecular formula is C13H22Cl2N2O2Si. The quantitative estimate of drug-likeness (QED) is 0.448. The third kappa shape index (κ3) is 4.88. The maximum Gasteiger partial charge on any atom is 0.224 e. The van der Waals surface area contributed by atoms with E-state index >= 15 is 0 Å². The van der Waals surface area contributed by atoms with Crippen molar-refractivity contribution < 1.29 is 9.16 Å². The summed E-state index contributed by atoms with van der Waals surface area (Å²) >= 11 is 11.6. The molecule has 0 radical (unpaired) electrons. The first-order chi connectivity index (χ1) is 9.03. The highest BCUT2D eigenvalue weighted by molar-refractivity contribution is 6.74. The summed E-state index contributed by atoms with van der Waals surface area (Å²) in [6.07, 6.45) is 1.44. The molecule has 1 aromatic heterocycles. The number of halogens is 2. The van der Waals surface area contributed by atoms with E-state index in [4.69, 9.17) is 32.4 Å². The van der Waals surface area contributed by atoms with E-state index in [1.54, 1.807) is 0 Å². The normalized spacial score (nSPS) is 14.2. The summed E-state index contributed by atoms with van der Waals surface area (Å²) in [5, 5.41) is 0.486. The third-order valence-corrected chi connectivity index (χ3v) is 8.51. The van der Waals surface area contributed by atoms with E-state index in [2.05, 4.69) is 43.8 Å². The van der Waals surface area contributed by atoms with Crippen molar-refractivity contribution >= 4 is 31.5 Å². The van der Waals surface area contributed by atoms with E-state index in [-0.39, 0.29) is 21.6 Å². The van der Waals surface area contributed by atoms with Crippen molar-refractivity contribution in [1.29, 1.82) is 0 Å². The molecule has 0 aliphatic carbocycles. The SMILES string of the molecule is CC(COc1cnc(Cl)nc1Cl)O[Si](C)(C)C(C)(C)C. The van der Waals surface area contributed by atoms with Crippen LogP contribution in [0.25, 0.3) is 0 Å². The van der Waals surface area contributed by atoms with Crippen LogP contribution in [0.1, 0.15) is 27.7 Å². The maximum atomic E-state index is 6.19. The van der Waals surface area contributed by atoms with Crippen LogP contribution in [0.5, 0.6) is 5.75 Å². The minimum Gasteiger partial charge on any atom is -0.486 e. The minimum atomic E-state index is -1.79. The highest BCUT2D eigenvalue weighted by atomic mass is 35.5. The molecule has 0 aliphatic heterocycles. The molecule has 0 saturated heterocycles. The monoisotopic (exact) mass is 336 g/mol. The molecule has 1 heterocycles. The topological polar surface area (TPSA) is 44.2 Å². The maximum absolute atomic E-state index is 6.19. The number of hydrogen-bond donors (Lipinski definition) is 0. The van der Waals surface area contributed by atoms with E-state index < -0.39 is 8.32 Å². The van der Waals surface area contributed by atoms with Crippen molar-refractivity contribution in [2.45, 2.75) is 51.9 Å². The Kier molecular flexibility index (Phi) is 5.84. The average Bonchev–Trinajstić information content (AvgIpc) is 2.25. The van der Waals surface area contributed by atoms with Gasteiger partial charge >= 0.3 is 0 Å². The lowest BCUT2D eigenvalue weighted by atomic mass is 10.2. The van der Waals surface area contributed by atoms with Gasteiger partial charge in [-0.3, -0.25) is 0 Å². The van der Waals surface area contributed by atoms with Gasteiger partial charge in [0, 0.05) is 0 Å². The summed E-state index contributed by atoms with van der Waals surface area (Å²) < 4.78 is 11.8. The fraction of sp³-hybridized carbons (Fsp3) is 0.692. The van der Waals surface area contributed by atoms with Gasteiger partial charge < -0.3 is 9.16 Å². The zero-order valence-electron chi connectivity index (χ0n) is 12.8. The van der Waals surface area contributed by atoms with Crippen molar-refractivity contribution in [1.82, 2.24) is 9.97 Å². The lowest BCUT2D eigenvalue weighted by molar-refractivity contribution is 0.129. The largest absolute Gasteiger partial charge is 0.486 e. The number of rotatable bonds is 5. The summed E-state index contributed by atoms with van der Waals surface area (Å²) in [6.45, 7) is 13.4. The first-order valence-electron chi connectivity index (χ1n) is 6.51. The van der Waals surface area contributed by atoms with Crippen LogP contribution in [0.4, 0.5) is 0 Å². The zero-order chi connectivity index (χ0) is 15.6. The van der Waals surface area contributed by atoms with Crippen LogP contribution in [0, 0.1) is 0 Å². The average molecular weight is 337 g/mol. The zero-order valence-corrected chi connectivity index (χ0v) is 15.3. The number of ether oxygens (including phenoxy) is 1. The predicted octanol–water partition coefficient (Wildman–Crippen LogP) is 4.57. The molecule has 20 heavy (non-hydrogen) atoms. The molecule has 4 nitrogen and oxygen atoms in total. The Bertz CT molecular complexity index is 464. The van der Waals surface area contributed by atoms with Gasteiger partial charge in [0.2, 0.25) is 5.28 Å². The number of aromatic nitrogens is 2. The molecule has 0 spiro atoms. The Balaban J connectivity index is 2.58. The Morgan fingerprint density at radius 3 is 2.40 bits per heavy atom. The van der Waals surface area contributed by atoms with Crippen LogP contribution in [-0.2, 0) is 4.43 Å². The third-order valence-electron chi connectivity index (χ3n) is 3.46. The van der Waals surface area contributed by atoms with E-state index in [0.29, 0.717) is 12.4 Å². The van der Waals surface area contributed by atoms with Crippen molar-refractivity contribution in [3.63, 3.8) is 0 Å². The molecular weight excluding hydrogens is 315 g/mol. The van der Waals surface area contributed by atoms with Gasteiger partial charge in [-0.15, -0.1) is 0 Å². The van der Waals surface area contributed by atoms with E-state index in [1.807, 2.05) is 6.92 Å². The van der Waals surface area contributed by atoms with Crippen molar-refractivity contribution in [3.8, 4) is 5.75 Å². The molecule has 0 fully saturated rings. The van der Waals surface area contributed by atoms with Crippen LogP contribution in [0.2, 0.25) is 28.6 Å². The fourth-order valence-electron chi connectivity index (χ4n) is 1.35. The fourth-order valence-corrected chi connectivity index (χ4v) is 3.14. The first kappa shape index (κ1) is 17.7. The molecule has 1 unspecified atom stereocenters. The van der Waals surface area contributed by atoms with Gasteiger partial charge in [0.1, 0.15) is 6.61 Å². The lowest BCUT2D eigenvalue weighted by Crippen LogP contribution is -2.44. The van der Waals surface area contributed by atoms with Gasteiger partial charge in [0.15, 0.2) is 19.2 Å². The van der Waals surface area contributed by atoms with Gasteiger partial charge in [0.05, 0.1) is 12.3 Å². The van der Waals surface area contributed by atoms with Gasteiger partial charge in [-0.05, 0) is 36.7 Å². The summed E-state index contributed by atoms with van der Waals surface area (Å²) in [7, 11) is -1.79. The van der Waals surface area contributed by atoms with Crippen LogP contribution in [0.15, 0.2) is 6.20 Å². The van der Waals surface area contributed by atoms with Gasteiger partial charge in [-0.2, -0.15) is 0 Å². The molecule has 0 aliphatic rings. The summed E-state index contributed by atoms with van der Waals surface area (Å²) in [5.41, 5.74) is 0. The molecule has 1 aromatic rings. The van der Waals surface area contributed by atoms with E-state index in [1.165, 1.54) is 6.20 Å². The Morgan fingerprint density at radius 2 is 1.90 bits per heavy atom. The van der Waals surface area contributed by atoms with Gasteiger partial charge in [-0.25, -0.2) is 9.97 Å². The van der Waals surface area contributed by atoms with Crippen LogP contribution < -0.4 is 4.74 Å². The Morgan fingerprint density at radius 1 is 1.30 bits per heavy atom. The van der Waals surface area contributed by atoms with Crippen LogP contribution in [-0.4, -0.2) is 31.0 Å². The van der Waals surface area contributed by atoms with Crippen molar-refractivity contribution in [2.24, 2.45) is 0 Å². The van der Waals surface area contributed by atoms with E-state index in [0.717, 1.165) is 0 Å². The molecule has 0 bridgehead atoms. The second-order valence-electron chi connectivity index (χ2n) is 6.29. The number of hydrogen-bond acceptors (Lipinski definition) is 4. The summed E-state index contributed by atoms with van der Waals surface area (Å²) in [4.78, 5) is 7.67. The molecule has 0 amide bonds. The molecule has 1 rings (SSSR count). The predicted molar refractivity (Wildman–Crippen MR) is 85.3 cm³/mol. The first-order valence-corrected chi connectivity index (χ1v) is 10.2. The summed E-state index contributed by atoms with van der Waals surface area (Å²) in [6, 6.07) is 0. The molecule has 7 heteroatoms. The minimum absolute atomic E-state index is 0.0253. The molecule has 0 saturated carbocycles. The smallest absolute Gasteiger partial charge is 0.224 e. The second kappa shape index (κ2) is 6.60. The Hall–Kier alpha value is -0.363. The summed E-state index contributed by atoms with van der Waals surface area (Å²) in [5.74, 6) is 0.418. The van der Waals surface area contributed by atoms with Gasteiger partial charge in [0.25, 0.3) is 0 Å². The van der Waals surface area contributed by atoms with Crippen LogP contribution >= 0.6 is 23.2 Å². The van der Waals surface area contributed by atoms with Gasteiger partial charge in [-0.1, -0.05) is 32.4 Å². The van der Waals surface area contributed by atoms with E-state index in [9.17, 15) is 0 Å². The Labute approximate surface area is 131 Å². The van der Waals surface area contributed by atoms with Crippen LogP contribution in [0.3, 0.4) is 0 Å². The highest BCUT2D eigenvalue weighted by Crippen LogP contribution is 2.37. The van der Waals surface area contributed by atoms with Crippen molar-refractivity contribution in [2.75, 3.05) is 6.61 Å². The lowest BCUT2D eigenvalue weighted by Gasteiger charge is -2.38. The van der Waals surface area contributed by atoms with Crippen molar-refractivity contribution in [3.05, 3.63) is 16.6 Å². The number of nitrogens with zero attached hydrogens (tertiary/aromatic N) is 2. The second-order valence-corrected chi connectivity index (χ2v) is 11.7. The highest BCUT2D eigenvalue weighted by Gasteiger charge is 2.38.